The van der Waals surface area contributed by atoms with Crippen molar-refractivity contribution in [2.45, 2.75) is 13.0 Å². The van der Waals surface area contributed by atoms with Gasteiger partial charge >= 0.3 is 10.4 Å². The van der Waals surface area contributed by atoms with E-state index in [0.717, 1.165) is 5.56 Å². The topological polar surface area (TPSA) is 65.1 Å². The Balaban J connectivity index is 1.93. The van der Waals surface area contributed by atoms with Crippen LogP contribution in [0, 0.1) is 6.92 Å². The molecule has 1 heterocycles. The average Bonchev–Trinajstić information content (AvgIpc) is 3.02. The molecule has 1 aliphatic heterocycles. The Kier molecular flexibility index (Phi) is 3.13. The van der Waals surface area contributed by atoms with Crippen LogP contribution in [0.25, 0.3) is 0 Å². The number of aryl methyl sites for hydroxylation is 1. The molecule has 0 bridgehead atoms. The van der Waals surface area contributed by atoms with E-state index in [2.05, 4.69) is 4.18 Å². The zero-order valence-electron chi connectivity index (χ0n) is 8.75. The highest BCUT2D eigenvalue weighted by Crippen LogP contribution is 2.16. The lowest BCUT2D eigenvalue weighted by Gasteiger charge is -2.05. The molecule has 6 heteroatoms. The maximum Gasteiger partial charge on any atom is 0.449 e. The van der Waals surface area contributed by atoms with Crippen molar-refractivity contribution in [3.8, 4) is 5.75 Å². The fourth-order valence-corrected chi connectivity index (χ4v) is 1.77. The van der Waals surface area contributed by atoms with Gasteiger partial charge in [-0.2, -0.15) is 8.42 Å². The smallest absolute Gasteiger partial charge is 0.371 e. The second-order valence-corrected chi connectivity index (χ2v) is 4.76. The van der Waals surface area contributed by atoms with E-state index in [9.17, 15) is 8.42 Å². The van der Waals surface area contributed by atoms with Gasteiger partial charge in [0.25, 0.3) is 0 Å². The summed E-state index contributed by atoms with van der Waals surface area (Å²) in [6, 6.07) is 6.66. The van der Waals surface area contributed by atoms with Crippen molar-refractivity contribution in [3.05, 3.63) is 29.8 Å². The number of hydrogen-bond donors (Lipinski definition) is 0. The standard InChI is InChI=1S/C10H12O5S/c1-8-2-4-9(5-3-8)15-16(11,12)14-7-10-6-13-10/h2-5,10H,6-7H2,1H3/t10-/m0/s1. The van der Waals surface area contributed by atoms with Gasteiger partial charge in [-0.15, -0.1) is 0 Å². The molecule has 1 atom stereocenters. The lowest BCUT2D eigenvalue weighted by atomic mass is 10.2. The molecule has 0 saturated carbocycles. The molecule has 1 saturated heterocycles. The molecule has 0 radical (unpaired) electrons. The molecule has 0 unspecified atom stereocenters. The van der Waals surface area contributed by atoms with Gasteiger partial charge in [-0.3, -0.25) is 0 Å². The van der Waals surface area contributed by atoms with Crippen LogP contribution in [0.2, 0.25) is 0 Å². The molecule has 0 aliphatic carbocycles. The maximum absolute atomic E-state index is 11.3. The number of ether oxygens (including phenoxy) is 1. The van der Waals surface area contributed by atoms with Crippen LogP contribution < -0.4 is 4.18 Å². The molecule has 1 aromatic rings. The third-order valence-electron chi connectivity index (χ3n) is 2.02. The monoisotopic (exact) mass is 244 g/mol. The molecule has 1 fully saturated rings. The SMILES string of the molecule is Cc1ccc(OS(=O)(=O)OC[C@@H]2CO2)cc1. The van der Waals surface area contributed by atoms with E-state index in [4.69, 9.17) is 8.92 Å². The summed E-state index contributed by atoms with van der Waals surface area (Å²) in [4.78, 5) is 0. The first-order valence-electron chi connectivity index (χ1n) is 4.82. The van der Waals surface area contributed by atoms with Crippen molar-refractivity contribution in [2.24, 2.45) is 0 Å². The van der Waals surface area contributed by atoms with Gasteiger partial charge in [0.2, 0.25) is 0 Å². The summed E-state index contributed by atoms with van der Waals surface area (Å²) < 4.78 is 36.8. The van der Waals surface area contributed by atoms with E-state index in [1.54, 1.807) is 24.3 Å². The van der Waals surface area contributed by atoms with E-state index in [-0.39, 0.29) is 18.5 Å². The lowest BCUT2D eigenvalue weighted by molar-refractivity contribution is 0.239. The third-order valence-corrected chi connectivity index (χ3v) is 2.84. The zero-order chi connectivity index (χ0) is 11.6. The highest BCUT2D eigenvalue weighted by molar-refractivity contribution is 7.82. The molecule has 0 N–H and O–H groups in total. The molecule has 88 valence electrons. The van der Waals surface area contributed by atoms with E-state index in [1.165, 1.54) is 0 Å². The fourth-order valence-electron chi connectivity index (χ4n) is 1.06. The quantitative estimate of drug-likeness (QED) is 0.724. The van der Waals surface area contributed by atoms with E-state index in [0.29, 0.717) is 6.61 Å². The van der Waals surface area contributed by atoms with Crippen molar-refractivity contribution < 1.29 is 21.5 Å². The van der Waals surface area contributed by atoms with Gasteiger partial charge in [-0.05, 0) is 19.1 Å². The van der Waals surface area contributed by atoms with E-state index >= 15 is 0 Å². The van der Waals surface area contributed by atoms with Crippen molar-refractivity contribution in [1.82, 2.24) is 0 Å². The van der Waals surface area contributed by atoms with Crippen LogP contribution in [0.4, 0.5) is 0 Å². The van der Waals surface area contributed by atoms with E-state index < -0.39 is 10.4 Å². The normalized spacial score (nSPS) is 19.4. The van der Waals surface area contributed by atoms with E-state index in [1.807, 2.05) is 6.92 Å². The minimum atomic E-state index is -3.98. The molecule has 5 nitrogen and oxygen atoms in total. The Hall–Kier alpha value is -1.11. The zero-order valence-corrected chi connectivity index (χ0v) is 9.57. The number of epoxide rings is 1. The molecule has 0 amide bonds. The predicted molar refractivity (Wildman–Crippen MR) is 56.4 cm³/mol. The molecule has 16 heavy (non-hydrogen) atoms. The van der Waals surface area contributed by atoms with Crippen molar-refractivity contribution in [1.29, 1.82) is 0 Å². The Morgan fingerprint density at radius 1 is 1.38 bits per heavy atom. The summed E-state index contributed by atoms with van der Waals surface area (Å²) in [5.41, 5.74) is 1.03. The molecular formula is C10H12O5S. The predicted octanol–water partition coefficient (Wildman–Crippen LogP) is 1.03. The largest absolute Gasteiger partial charge is 0.449 e. The highest BCUT2D eigenvalue weighted by Gasteiger charge is 2.26. The van der Waals surface area contributed by atoms with Crippen molar-refractivity contribution >= 4 is 10.4 Å². The maximum atomic E-state index is 11.3. The van der Waals surface area contributed by atoms with Gasteiger partial charge in [0.1, 0.15) is 11.9 Å². The van der Waals surface area contributed by atoms with Crippen molar-refractivity contribution in [3.63, 3.8) is 0 Å². The van der Waals surface area contributed by atoms with Crippen LogP contribution in [0.3, 0.4) is 0 Å². The number of benzene rings is 1. The number of rotatable bonds is 5. The molecule has 0 spiro atoms. The van der Waals surface area contributed by atoms with Gasteiger partial charge < -0.3 is 8.92 Å². The molecule has 2 rings (SSSR count). The Labute approximate surface area is 94.3 Å². The second kappa shape index (κ2) is 4.40. The van der Waals surface area contributed by atoms with Gasteiger partial charge in [0.05, 0.1) is 13.2 Å². The second-order valence-electron chi connectivity index (χ2n) is 3.54. The Morgan fingerprint density at radius 3 is 2.56 bits per heavy atom. The van der Waals surface area contributed by atoms with Crippen LogP contribution in [0.1, 0.15) is 5.56 Å². The van der Waals surface area contributed by atoms with Crippen molar-refractivity contribution in [2.75, 3.05) is 13.2 Å². The first-order chi connectivity index (χ1) is 7.55. The fraction of sp³-hybridized carbons (Fsp3) is 0.400. The Bertz CT molecular complexity index is 447. The molecule has 0 aromatic heterocycles. The van der Waals surface area contributed by atoms with Crippen LogP contribution in [-0.2, 0) is 19.3 Å². The summed E-state index contributed by atoms with van der Waals surface area (Å²) in [6.45, 7) is 2.45. The van der Waals surface area contributed by atoms with Crippen LogP contribution in [0.15, 0.2) is 24.3 Å². The van der Waals surface area contributed by atoms with Crippen LogP contribution >= 0.6 is 0 Å². The average molecular weight is 244 g/mol. The third kappa shape index (κ3) is 3.48. The van der Waals surface area contributed by atoms with Gasteiger partial charge in [-0.1, -0.05) is 17.7 Å². The van der Waals surface area contributed by atoms with Gasteiger partial charge in [-0.25, -0.2) is 4.18 Å². The summed E-state index contributed by atoms with van der Waals surface area (Å²) in [6.07, 6.45) is -0.114. The van der Waals surface area contributed by atoms with Crippen LogP contribution in [0.5, 0.6) is 5.75 Å². The summed E-state index contributed by atoms with van der Waals surface area (Å²) >= 11 is 0. The van der Waals surface area contributed by atoms with Gasteiger partial charge in [0, 0.05) is 0 Å². The molecule has 1 aromatic carbocycles. The first-order valence-corrected chi connectivity index (χ1v) is 6.16. The Morgan fingerprint density at radius 2 is 2.00 bits per heavy atom. The first kappa shape index (κ1) is 11.4. The number of hydrogen-bond acceptors (Lipinski definition) is 5. The molecular weight excluding hydrogens is 232 g/mol. The summed E-state index contributed by atoms with van der Waals surface area (Å²) in [5.74, 6) is 0.238. The summed E-state index contributed by atoms with van der Waals surface area (Å²) in [5, 5.41) is 0. The lowest BCUT2D eigenvalue weighted by Crippen LogP contribution is -2.16. The molecule has 1 aliphatic rings. The van der Waals surface area contributed by atoms with Crippen LogP contribution in [-0.4, -0.2) is 27.7 Å². The highest BCUT2D eigenvalue weighted by atomic mass is 32.3. The minimum Gasteiger partial charge on any atom is -0.371 e. The minimum absolute atomic E-state index is 0.00813. The van der Waals surface area contributed by atoms with Gasteiger partial charge in [0.15, 0.2) is 0 Å². The summed E-state index contributed by atoms with van der Waals surface area (Å²) in [7, 11) is -3.98.